The number of nitrogens with zero attached hydrogens (tertiary/aromatic N) is 1. The van der Waals surface area contributed by atoms with Gasteiger partial charge in [0, 0.05) is 24.6 Å². The molecule has 0 unspecified atom stereocenters. The van der Waals surface area contributed by atoms with Gasteiger partial charge in [0.2, 0.25) is 0 Å². The van der Waals surface area contributed by atoms with Crippen molar-refractivity contribution < 1.29 is 13.9 Å². The highest BCUT2D eigenvalue weighted by molar-refractivity contribution is 7.09. The molecular formula is C6H7F2NOS. The molecule has 1 rings (SSSR count). The van der Waals surface area contributed by atoms with Gasteiger partial charge in [-0.1, -0.05) is 0 Å². The van der Waals surface area contributed by atoms with Crippen LogP contribution in [0.5, 0.6) is 0 Å². The molecule has 0 aliphatic rings. The SMILES string of the molecule is OCCC(F)(F)c1nccs1. The summed E-state index contributed by atoms with van der Waals surface area (Å²) in [6.45, 7) is -0.521. The Hall–Kier alpha value is -0.550. The van der Waals surface area contributed by atoms with Gasteiger partial charge in [-0.2, -0.15) is 8.78 Å². The number of halogens is 2. The third-order valence-electron chi connectivity index (χ3n) is 1.17. The lowest BCUT2D eigenvalue weighted by molar-refractivity contribution is -0.0271. The number of rotatable bonds is 3. The van der Waals surface area contributed by atoms with Crippen molar-refractivity contribution in [1.29, 1.82) is 0 Å². The lowest BCUT2D eigenvalue weighted by Gasteiger charge is -2.10. The first kappa shape index (κ1) is 8.55. The molecule has 2 nitrogen and oxygen atoms in total. The molecule has 0 aliphatic heterocycles. The Labute approximate surface area is 66.5 Å². The molecule has 5 heteroatoms. The van der Waals surface area contributed by atoms with Crippen molar-refractivity contribution in [1.82, 2.24) is 4.98 Å². The van der Waals surface area contributed by atoms with E-state index in [2.05, 4.69) is 4.98 Å². The van der Waals surface area contributed by atoms with Gasteiger partial charge in [0.1, 0.15) is 0 Å². The van der Waals surface area contributed by atoms with Crippen molar-refractivity contribution >= 4 is 11.3 Å². The third-order valence-corrected chi connectivity index (χ3v) is 2.06. The summed E-state index contributed by atoms with van der Waals surface area (Å²) >= 11 is 0.898. The Morgan fingerprint density at radius 2 is 2.36 bits per heavy atom. The van der Waals surface area contributed by atoms with Crippen LogP contribution in [0, 0.1) is 0 Å². The van der Waals surface area contributed by atoms with Crippen LogP contribution in [0.2, 0.25) is 0 Å². The summed E-state index contributed by atoms with van der Waals surface area (Å²) in [7, 11) is 0. The van der Waals surface area contributed by atoms with Gasteiger partial charge in [-0.3, -0.25) is 0 Å². The molecule has 0 amide bonds. The molecule has 0 fully saturated rings. The molecule has 1 heterocycles. The minimum atomic E-state index is -2.97. The molecule has 1 aromatic heterocycles. The molecule has 1 N–H and O–H groups in total. The molecule has 0 radical (unpaired) electrons. The van der Waals surface area contributed by atoms with Gasteiger partial charge >= 0.3 is 5.92 Å². The zero-order valence-corrected chi connectivity index (χ0v) is 6.44. The first-order valence-electron chi connectivity index (χ1n) is 3.05. The van der Waals surface area contributed by atoms with Gasteiger partial charge in [-0.05, 0) is 0 Å². The number of hydrogen-bond donors (Lipinski definition) is 1. The van der Waals surface area contributed by atoms with Crippen LogP contribution in [0.15, 0.2) is 11.6 Å². The summed E-state index contributed by atoms with van der Waals surface area (Å²) in [6, 6.07) is 0. The van der Waals surface area contributed by atoms with Crippen LogP contribution in [-0.2, 0) is 5.92 Å². The van der Waals surface area contributed by atoms with Gasteiger partial charge in [-0.15, -0.1) is 11.3 Å². The molecule has 62 valence electrons. The third kappa shape index (κ3) is 1.94. The van der Waals surface area contributed by atoms with Gasteiger partial charge in [-0.25, -0.2) is 4.98 Å². The zero-order chi connectivity index (χ0) is 8.32. The largest absolute Gasteiger partial charge is 0.396 e. The predicted octanol–water partition coefficient (Wildman–Crippen LogP) is 1.62. The van der Waals surface area contributed by atoms with Crippen LogP contribution in [0.4, 0.5) is 8.78 Å². The standard InChI is InChI=1S/C6H7F2NOS/c7-6(8,1-3-10)5-9-2-4-11-5/h2,4,10H,1,3H2. The van der Waals surface area contributed by atoms with E-state index in [0.717, 1.165) is 11.3 Å². The lowest BCUT2D eigenvalue weighted by Crippen LogP contribution is -2.14. The molecule has 0 aliphatic carbocycles. The second kappa shape index (κ2) is 3.23. The maximum Gasteiger partial charge on any atom is 0.301 e. The first-order valence-corrected chi connectivity index (χ1v) is 3.93. The van der Waals surface area contributed by atoms with E-state index >= 15 is 0 Å². The van der Waals surface area contributed by atoms with Crippen LogP contribution >= 0.6 is 11.3 Å². The number of aliphatic hydroxyl groups is 1. The van der Waals surface area contributed by atoms with E-state index in [9.17, 15) is 8.78 Å². The van der Waals surface area contributed by atoms with Crippen molar-refractivity contribution in [3.63, 3.8) is 0 Å². The van der Waals surface area contributed by atoms with Gasteiger partial charge < -0.3 is 5.11 Å². The molecule has 1 aromatic rings. The molecule has 0 atom stereocenters. The van der Waals surface area contributed by atoms with E-state index < -0.39 is 19.0 Å². The van der Waals surface area contributed by atoms with Crippen LogP contribution in [0.1, 0.15) is 11.4 Å². The lowest BCUT2D eigenvalue weighted by atomic mass is 10.2. The van der Waals surface area contributed by atoms with Crippen molar-refractivity contribution in [3.05, 3.63) is 16.6 Å². The first-order chi connectivity index (χ1) is 5.17. The minimum absolute atomic E-state index is 0.230. The number of alkyl halides is 2. The van der Waals surface area contributed by atoms with E-state index in [4.69, 9.17) is 5.11 Å². The number of hydrogen-bond acceptors (Lipinski definition) is 3. The quantitative estimate of drug-likeness (QED) is 0.764. The number of aliphatic hydroxyl groups excluding tert-OH is 1. The van der Waals surface area contributed by atoms with Gasteiger partial charge in [0.15, 0.2) is 5.01 Å². The Morgan fingerprint density at radius 1 is 1.64 bits per heavy atom. The second-order valence-corrected chi connectivity index (χ2v) is 2.91. The van der Waals surface area contributed by atoms with Gasteiger partial charge in [0.25, 0.3) is 0 Å². The van der Waals surface area contributed by atoms with Crippen molar-refractivity contribution in [2.24, 2.45) is 0 Å². The monoisotopic (exact) mass is 179 g/mol. The van der Waals surface area contributed by atoms with Crippen LogP contribution in [0.25, 0.3) is 0 Å². The van der Waals surface area contributed by atoms with Gasteiger partial charge in [0.05, 0.1) is 0 Å². The maximum absolute atomic E-state index is 12.8. The molecule has 0 bridgehead atoms. The fourth-order valence-electron chi connectivity index (χ4n) is 0.651. The molecule has 0 saturated carbocycles. The molecule has 0 spiro atoms. The molecule has 0 aromatic carbocycles. The van der Waals surface area contributed by atoms with E-state index in [-0.39, 0.29) is 5.01 Å². The highest BCUT2D eigenvalue weighted by atomic mass is 32.1. The van der Waals surface area contributed by atoms with Crippen LogP contribution in [0.3, 0.4) is 0 Å². The van der Waals surface area contributed by atoms with E-state index in [0.29, 0.717) is 0 Å². The number of thiazole rings is 1. The van der Waals surface area contributed by atoms with Crippen molar-refractivity contribution in [2.45, 2.75) is 12.3 Å². The Morgan fingerprint density at radius 3 is 2.82 bits per heavy atom. The van der Waals surface area contributed by atoms with Crippen molar-refractivity contribution in [3.8, 4) is 0 Å². The summed E-state index contributed by atoms with van der Waals surface area (Å²) in [5.74, 6) is -2.97. The van der Waals surface area contributed by atoms with E-state index in [1.165, 1.54) is 11.6 Å². The van der Waals surface area contributed by atoms with Crippen LogP contribution < -0.4 is 0 Å². The summed E-state index contributed by atoms with van der Waals surface area (Å²) in [5.41, 5.74) is 0. The van der Waals surface area contributed by atoms with Crippen molar-refractivity contribution in [2.75, 3.05) is 6.61 Å². The Balaban J connectivity index is 2.73. The summed E-state index contributed by atoms with van der Waals surface area (Å²) in [5, 5.41) is 9.55. The average molecular weight is 179 g/mol. The summed E-state index contributed by atoms with van der Waals surface area (Å²) in [4.78, 5) is 3.46. The Bertz CT molecular complexity index is 212. The Kier molecular flexibility index (Phi) is 2.51. The zero-order valence-electron chi connectivity index (χ0n) is 5.63. The maximum atomic E-state index is 12.8. The summed E-state index contributed by atoms with van der Waals surface area (Å²) in [6.07, 6.45) is 0.770. The molecule has 0 saturated heterocycles. The molecule has 11 heavy (non-hydrogen) atoms. The highest BCUT2D eigenvalue weighted by Crippen LogP contribution is 2.32. The second-order valence-electron chi connectivity index (χ2n) is 2.02. The van der Waals surface area contributed by atoms with Crippen LogP contribution in [-0.4, -0.2) is 16.7 Å². The fourth-order valence-corrected chi connectivity index (χ4v) is 1.30. The minimum Gasteiger partial charge on any atom is -0.396 e. The molecular weight excluding hydrogens is 172 g/mol. The number of aromatic nitrogens is 1. The normalized spacial score (nSPS) is 11.9. The van der Waals surface area contributed by atoms with E-state index in [1.54, 1.807) is 0 Å². The summed E-state index contributed by atoms with van der Waals surface area (Å²) < 4.78 is 25.6. The smallest absolute Gasteiger partial charge is 0.301 e. The average Bonchev–Trinajstić information content (AvgIpc) is 2.37. The topological polar surface area (TPSA) is 33.1 Å². The fraction of sp³-hybridized carbons (Fsp3) is 0.500. The highest BCUT2D eigenvalue weighted by Gasteiger charge is 2.33. The predicted molar refractivity (Wildman–Crippen MR) is 37.7 cm³/mol. The van der Waals surface area contributed by atoms with E-state index in [1.807, 2.05) is 0 Å².